The Hall–Kier alpha value is -2.50. The van der Waals surface area contributed by atoms with Gasteiger partial charge in [-0.1, -0.05) is 6.07 Å². The molecular formula is C10H8N6. The molecule has 0 atom stereocenters. The third kappa shape index (κ3) is 1.46. The number of hydrogen-bond donors (Lipinski definition) is 1. The van der Waals surface area contributed by atoms with Crippen molar-refractivity contribution in [2.45, 2.75) is 0 Å². The second-order valence-electron chi connectivity index (χ2n) is 3.22. The van der Waals surface area contributed by atoms with Gasteiger partial charge in [-0.2, -0.15) is 15.2 Å². The molecule has 0 aliphatic carbocycles. The zero-order valence-electron chi connectivity index (χ0n) is 8.28. The van der Waals surface area contributed by atoms with E-state index in [-0.39, 0.29) is 0 Å². The van der Waals surface area contributed by atoms with Gasteiger partial charge in [-0.05, 0) is 6.07 Å². The fourth-order valence-electron chi connectivity index (χ4n) is 1.43. The minimum Gasteiger partial charge on any atom is -0.264 e. The van der Waals surface area contributed by atoms with Crippen LogP contribution in [-0.2, 0) is 0 Å². The number of pyridine rings is 1. The van der Waals surface area contributed by atoms with E-state index in [1.165, 1.54) is 6.33 Å². The van der Waals surface area contributed by atoms with Crippen LogP contribution in [-0.4, -0.2) is 29.9 Å². The largest absolute Gasteiger partial charge is 0.264 e. The van der Waals surface area contributed by atoms with E-state index in [9.17, 15) is 0 Å². The van der Waals surface area contributed by atoms with Gasteiger partial charge in [0.2, 0.25) is 5.95 Å². The van der Waals surface area contributed by atoms with Crippen LogP contribution >= 0.6 is 0 Å². The van der Waals surface area contributed by atoms with Gasteiger partial charge in [-0.3, -0.25) is 4.98 Å². The third-order valence-electron chi connectivity index (χ3n) is 2.20. The normalized spacial score (nSPS) is 10.5. The van der Waals surface area contributed by atoms with Crippen LogP contribution in [0.15, 0.2) is 43.2 Å². The first-order chi connectivity index (χ1) is 7.93. The van der Waals surface area contributed by atoms with Gasteiger partial charge >= 0.3 is 0 Å². The van der Waals surface area contributed by atoms with E-state index >= 15 is 0 Å². The Bertz CT molecular complexity index is 568. The third-order valence-corrected chi connectivity index (χ3v) is 2.20. The summed E-state index contributed by atoms with van der Waals surface area (Å²) in [5.74, 6) is 0.593. The molecule has 3 heterocycles. The van der Waals surface area contributed by atoms with Crippen LogP contribution in [0.25, 0.3) is 17.1 Å². The van der Waals surface area contributed by atoms with Gasteiger partial charge in [0.05, 0.1) is 6.20 Å². The molecule has 0 aromatic carbocycles. The summed E-state index contributed by atoms with van der Waals surface area (Å²) < 4.78 is 1.63. The molecular weight excluding hydrogens is 204 g/mol. The van der Waals surface area contributed by atoms with Gasteiger partial charge in [-0.25, -0.2) is 9.78 Å². The molecule has 0 saturated heterocycles. The summed E-state index contributed by atoms with van der Waals surface area (Å²) in [5.41, 5.74) is 2.01. The van der Waals surface area contributed by atoms with Crippen molar-refractivity contribution in [1.82, 2.24) is 29.9 Å². The molecule has 0 fully saturated rings. The molecule has 0 aliphatic heterocycles. The van der Waals surface area contributed by atoms with E-state index < -0.39 is 0 Å². The maximum Gasteiger partial charge on any atom is 0.246 e. The molecule has 0 unspecified atom stereocenters. The summed E-state index contributed by atoms with van der Waals surface area (Å²) in [6.45, 7) is 0. The van der Waals surface area contributed by atoms with Crippen molar-refractivity contribution in [2.24, 2.45) is 0 Å². The summed E-state index contributed by atoms with van der Waals surface area (Å²) in [6, 6.07) is 3.87. The highest BCUT2D eigenvalue weighted by molar-refractivity contribution is 5.60. The number of aromatic nitrogens is 6. The molecule has 78 valence electrons. The maximum atomic E-state index is 4.19. The molecule has 0 spiro atoms. The van der Waals surface area contributed by atoms with Gasteiger partial charge in [0.1, 0.15) is 6.33 Å². The van der Waals surface area contributed by atoms with Crippen molar-refractivity contribution < 1.29 is 0 Å². The Kier molecular flexibility index (Phi) is 1.96. The van der Waals surface area contributed by atoms with E-state index in [1.807, 2.05) is 18.3 Å². The summed E-state index contributed by atoms with van der Waals surface area (Å²) in [4.78, 5) is 8.07. The Labute approximate surface area is 91.0 Å². The number of rotatable bonds is 2. The highest BCUT2D eigenvalue weighted by Crippen LogP contribution is 2.17. The molecule has 0 amide bonds. The van der Waals surface area contributed by atoms with Crippen molar-refractivity contribution in [3.63, 3.8) is 0 Å². The van der Waals surface area contributed by atoms with E-state index in [2.05, 4.69) is 25.3 Å². The summed E-state index contributed by atoms with van der Waals surface area (Å²) in [6.07, 6.45) is 8.62. The van der Waals surface area contributed by atoms with Gasteiger partial charge < -0.3 is 0 Å². The topological polar surface area (TPSA) is 72.3 Å². The lowest BCUT2D eigenvalue weighted by Crippen LogP contribution is -1.96. The van der Waals surface area contributed by atoms with Crippen LogP contribution < -0.4 is 0 Å². The number of H-pyrrole nitrogens is 1. The van der Waals surface area contributed by atoms with Gasteiger partial charge in [0.25, 0.3) is 0 Å². The minimum absolute atomic E-state index is 0.593. The number of hydrogen-bond acceptors (Lipinski definition) is 4. The van der Waals surface area contributed by atoms with Crippen molar-refractivity contribution in [1.29, 1.82) is 0 Å². The van der Waals surface area contributed by atoms with E-state index in [0.717, 1.165) is 11.1 Å². The summed E-state index contributed by atoms with van der Waals surface area (Å²) in [7, 11) is 0. The Morgan fingerprint density at radius 1 is 1.19 bits per heavy atom. The predicted octanol–water partition coefficient (Wildman–Crippen LogP) is 1.05. The van der Waals surface area contributed by atoms with Gasteiger partial charge in [-0.15, -0.1) is 0 Å². The fraction of sp³-hybridized carbons (Fsp3) is 0. The zero-order valence-corrected chi connectivity index (χ0v) is 8.28. The molecule has 0 aliphatic rings. The summed E-state index contributed by atoms with van der Waals surface area (Å²) in [5, 5.41) is 10.7. The molecule has 0 saturated carbocycles. The quantitative estimate of drug-likeness (QED) is 0.689. The van der Waals surface area contributed by atoms with Crippen LogP contribution in [0.1, 0.15) is 0 Å². The number of nitrogens with one attached hydrogen (secondary N) is 1. The lowest BCUT2D eigenvalue weighted by atomic mass is 10.2. The molecule has 0 bridgehead atoms. The molecule has 6 heteroatoms. The molecule has 6 nitrogen and oxygen atoms in total. The van der Waals surface area contributed by atoms with Crippen molar-refractivity contribution in [3.8, 4) is 17.1 Å². The molecule has 3 aromatic rings. The lowest BCUT2D eigenvalue weighted by Gasteiger charge is -1.94. The molecule has 3 rings (SSSR count). The van der Waals surface area contributed by atoms with E-state index in [0.29, 0.717) is 5.95 Å². The second-order valence-corrected chi connectivity index (χ2v) is 3.22. The van der Waals surface area contributed by atoms with Crippen LogP contribution in [0.4, 0.5) is 0 Å². The first-order valence-corrected chi connectivity index (χ1v) is 4.74. The Morgan fingerprint density at radius 3 is 2.94 bits per heavy atom. The second kappa shape index (κ2) is 3.58. The van der Waals surface area contributed by atoms with Crippen LogP contribution in [0.5, 0.6) is 0 Å². The van der Waals surface area contributed by atoms with Gasteiger partial charge in [0, 0.05) is 29.7 Å². The molecule has 1 N–H and O–H groups in total. The van der Waals surface area contributed by atoms with Crippen molar-refractivity contribution in [3.05, 3.63) is 43.2 Å². The first kappa shape index (κ1) is 8.78. The summed E-state index contributed by atoms with van der Waals surface area (Å²) >= 11 is 0. The lowest BCUT2D eigenvalue weighted by molar-refractivity contribution is 0.813. The van der Waals surface area contributed by atoms with E-state index in [4.69, 9.17) is 0 Å². The molecule has 0 radical (unpaired) electrons. The van der Waals surface area contributed by atoms with E-state index in [1.54, 1.807) is 23.3 Å². The van der Waals surface area contributed by atoms with Crippen LogP contribution in [0.3, 0.4) is 0 Å². The number of nitrogens with zero attached hydrogens (tertiary/aromatic N) is 5. The average molecular weight is 212 g/mol. The van der Waals surface area contributed by atoms with Crippen LogP contribution in [0.2, 0.25) is 0 Å². The molecule has 16 heavy (non-hydrogen) atoms. The smallest absolute Gasteiger partial charge is 0.246 e. The minimum atomic E-state index is 0.593. The van der Waals surface area contributed by atoms with Crippen molar-refractivity contribution in [2.75, 3.05) is 0 Å². The Morgan fingerprint density at radius 2 is 2.19 bits per heavy atom. The van der Waals surface area contributed by atoms with Crippen LogP contribution in [0, 0.1) is 0 Å². The highest BCUT2D eigenvalue weighted by atomic mass is 15.4. The highest BCUT2D eigenvalue weighted by Gasteiger charge is 2.04. The predicted molar refractivity (Wildman–Crippen MR) is 56.7 cm³/mol. The maximum absolute atomic E-state index is 4.19. The average Bonchev–Trinajstić information content (AvgIpc) is 3.01. The SMILES string of the molecule is c1cncc(-c2cnn(-c3ncn[nH]3)c2)c1. The molecule has 3 aromatic heterocycles. The van der Waals surface area contributed by atoms with Gasteiger partial charge in [0.15, 0.2) is 0 Å². The standard InChI is InChI=1S/C10H8N6/c1-2-8(4-11-3-1)9-5-14-16(6-9)10-12-7-13-15-10/h1-7H,(H,12,13,15). The van der Waals surface area contributed by atoms with Crippen molar-refractivity contribution >= 4 is 0 Å². The zero-order chi connectivity index (χ0) is 10.8. The fourth-order valence-corrected chi connectivity index (χ4v) is 1.43. The number of aromatic amines is 1. The first-order valence-electron chi connectivity index (χ1n) is 4.74. The monoisotopic (exact) mass is 212 g/mol. The Balaban J connectivity index is 2.00.